The molecule has 0 aromatic carbocycles. The van der Waals surface area contributed by atoms with Gasteiger partial charge in [0, 0.05) is 17.4 Å². The molecule has 0 saturated carbocycles. The van der Waals surface area contributed by atoms with Crippen molar-refractivity contribution in [1.29, 1.82) is 0 Å². The number of halogens is 3. The van der Waals surface area contributed by atoms with Crippen LogP contribution in [0.5, 0.6) is 5.88 Å². The summed E-state index contributed by atoms with van der Waals surface area (Å²) >= 11 is 1.46. The van der Waals surface area contributed by atoms with Crippen LogP contribution < -0.4 is 4.74 Å². The monoisotopic (exact) mass is 274 g/mol. The second-order valence-corrected chi connectivity index (χ2v) is 4.45. The average Bonchev–Trinajstić information content (AvgIpc) is 2.72. The van der Waals surface area contributed by atoms with E-state index in [1.807, 2.05) is 6.92 Å². The maximum absolute atomic E-state index is 13.2. The number of thiazole rings is 1. The third-order valence-electron chi connectivity index (χ3n) is 2.27. The Labute approximate surface area is 105 Å². The maximum Gasteiger partial charge on any atom is 0.253 e. The fraction of sp³-hybridized carbons (Fsp3) is 0.273. The molecule has 0 radical (unpaired) electrons. The van der Waals surface area contributed by atoms with Crippen molar-refractivity contribution in [2.24, 2.45) is 0 Å². The highest BCUT2D eigenvalue weighted by molar-refractivity contribution is 7.09. The molecule has 18 heavy (non-hydrogen) atoms. The first-order valence-corrected chi connectivity index (χ1v) is 5.99. The SMILES string of the molecule is Cc1ncsc1CCOc1nc(F)c(F)cc1F. The van der Waals surface area contributed by atoms with Crippen molar-refractivity contribution >= 4 is 11.3 Å². The normalized spacial score (nSPS) is 10.7. The van der Waals surface area contributed by atoms with E-state index in [0.717, 1.165) is 10.6 Å². The van der Waals surface area contributed by atoms with E-state index in [1.54, 1.807) is 5.51 Å². The fourth-order valence-corrected chi connectivity index (χ4v) is 2.10. The van der Waals surface area contributed by atoms with Gasteiger partial charge in [-0.3, -0.25) is 0 Å². The van der Waals surface area contributed by atoms with Gasteiger partial charge in [0.25, 0.3) is 11.8 Å². The van der Waals surface area contributed by atoms with Crippen LogP contribution >= 0.6 is 11.3 Å². The molecule has 0 N–H and O–H groups in total. The van der Waals surface area contributed by atoms with E-state index in [-0.39, 0.29) is 6.61 Å². The Hall–Kier alpha value is -1.63. The van der Waals surface area contributed by atoms with Crippen LogP contribution in [-0.4, -0.2) is 16.6 Å². The van der Waals surface area contributed by atoms with Crippen molar-refractivity contribution in [3.05, 3.63) is 39.7 Å². The standard InChI is InChI=1S/C11H9F3N2OS/c1-6-9(18-5-15-6)2-3-17-11-8(13)4-7(12)10(14)16-11/h4-5H,2-3H2,1H3. The van der Waals surface area contributed by atoms with Crippen molar-refractivity contribution in [3.63, 3.8) is 0 Å². The third-order valence-corrected chi connectivity index (χ3v) is 3.26. The molecule has 2 aromatic heterocycles. The van der Waals surface area contributed by atoms with Gasteiger partial charge in [0.05, 0.1) is 17.8 Å². The van der Waals surface area contributed by atoms with E-state index in [2.05, 4.69) is 9.97 Å². The van der Waals surface area contributed by atoms with Gasteiger partial charge >= 0.3 is 0 Å². The molecule has 3 nitrogen and oxygen atoms in total. The molecular weight excluding hydrogens is 265 g/mol. The molecule has 0 aliphatic heterocycles. The summed E-state index contributed by atoms with van der Waals surface area (Å²) in [4.78, 5) is 8.11. The highest BCUT2D eigenvalue weighted by atomic mass is 32.1. The fourth-order valence-electron chi connectivity index (χ4n) is 1.34. The van der Waals surface area contributed by atoms with E-state index in [4.69, 9.17) is 4.74 Å². The van der Waals surface area contributed by atoms with Crippen molar-refractivity contribution < 1.29 is 17.9 Å². The summed E-state index contributed by atoms with van der Waals surface area (Å²) in [6.07, 6.45) is 0.511. The summed E-state index contributed by atoms with van der Waals surface area (Å²) in [5.41, 5.74) is 2.57. The summed E-state index contributed by atoms with van der Waals surface area (Å²) in [5, 5.41) is 0. The van der Waals surface area contributed by atoms with E-state index < -0.39 is 23.5 Å². The Morgan fingerprint density at radius 3 is 2.72 bits per heavy atom. The van der Waals surface area contributed by atoms with Crippen LogP contribution in [0.25, 0.3) is 0 Å². The molecule has 2 heterocycles. The molecule has 96 valence electrons. The third kappa shape index (κ3) is 2.79. The van der Waals surface area contributed by atoms with Crippen molar-refractivity contribution in [2.45, 2.75) is 13.3 Å². The largest absolute Gasteiger partial charge is 0.475 e. The Kier molecular flexibility index (Phi) is 3.81. The van der Waals surface area contributed by atoms with Crippen LogP contribution in [0.15, 0.2) is 11.6 Å². The minimum absolute atomic E-state index is 0.123. The Morgan fingerprint density at radius 1 is 1.28 bits per heavy atom. The number of nitrogens with zero attached hydrogens (tertiary/aromatic N) is 2. The quantitative estimate of drug-likeness (QED) is 0.804. The predicted octanol–water partition coefficient (Wildman–Crippen LogP) is 2.89. The highest BCUT2D eigenvalue weighted by Crippen LogP contribution is 2.18. The lowest BCUT2D eigenvalue weighted by atomic mass is 10.3. The maximum atomic E-state index is 13.2. The number of aryl methyl sites for hydroxylation is 1. The minimum Gasteiger partial charge on any atom is -0.475 e. The van der Waals surface area contributed by atoms with Crippen LogP contribution in [0.3, 0.4) is 0 Å². The van der Waals surface area contributed by atoms with Gasteiger partial charge in [-0.1, -0.05) is 0 Å². The van der Waals surface area contributed by atoms with Gasteiger partial charge < -0.3 is 4.74 Å². The highest BCUT2D eigenvalue weighted by Gasteiger charge is 2.13. The first-order valence-electron chi connectivity index (χ1n) is 5.11. The van der Waals surface area contributed by atoms with Gasteiger partial charge in [-0.2, -0.15) is 9.37 Å². The smallest absolute Gasteiger partial charge is 0.253 e. The number of aromatic nitrogens is 2. The summed E-state index contributed by atoms with van der Waals surface area (Å²) < 4.78 is 43.6. The molecule has 0 aliphatic carbocycles. The van der Waals surface area contributed by atoms with Gasteiger partial charge in [0.15, 0.2) is 11.6 Å². The van der Waals surface area contributed by atoms with Crippen molar-refractivity contribution in [3.8, 4) is 5.88 Å². The second-order valence-electron chi connectivity index (χ2n) is 3.51. The Morgan fingerprint density at radius 2 is 2.06 bits per heavy atom. The van der Waals surface area contributed by atoms with Crippen molar-refractivity contribution in [2.75, 3.05) is 6.61 Å². The molecule has 2 rings (SSSR count). The first-order chi connectivity index (χ1) is 8.58. The molecule has 7 heteroatoms. The van der Waals surface area contributed by atoms with Crippen molar-refractivity contribution in [1.82, 2.24) is 9.97 Å². The summed E-state index contributed by atoms with van der Waals surface area (Å²) in [5.74, 6) is -4.26. The Bertz CT molecular complexity index is 559. The molecule has 0 bridgehead atoms. The van der Waals surface area contributed by atoms with Gasteiger partial charge in [0.2, 0.25) is 0 Å². The van der Waals surface area contributed by atoms with Gasteiger partial charge in [-0.25, -0.2) is 13.8 Å². The second kappa shape index (κ2) is 5.34. The Balaban J connectivity index is 1.99. The minimum atomic E-state index is -1.37. The van der Waals surface area contributed by atoms with Gasteiger partial charge in [-0.15, -0.1) is 11.3 Å². The molecule has 0 fully saturated rings. The van der Waals surface area contributed by atoms with E-state index >= 15 is 0 Å². The molecule has 0 saturated heterocycles. The molecule has 2 aromatic rings. The zero-order valence-electron chi connectivity index (χ0n) is 9.41. The topological polar surface area (TPSA) is 35.0 Å². The number of rotatable bonds is 4. The van der Waals surface area contributed by atoms with Crippen LogP contribution in [0.4, 0.5) is 13.2 Å². The molecule has 0 unspecified atom stereocenters. The van der Waals surface area contributed by atoms with Crippen LogP contribution in [0.2, 0.25) is 0 Å². The van der Waals surface area contributed by atoms with E-state index in [9.17, 15) is 13.2 Å². The van der Waals surface area contributed by atoms with E-state index in [0.29, 0.717) is 12.5 Å². The molecule has 0 spiro atoms. The van der Waals surface area contributed by atoms with Gasteiger partial charge in [-0.05, 0) is 6.92 Å². The lowest BCUT2D eigenvalue weighted by Crippen LogP contribution is -2.06. The van der Waals surface area contributed by atoms with Crippen LogP contribution in [0.1, 0.15) is 10.6 Å². The number of pyridine rings is 1. The molecule has 0 amide bonds. The van der Waals surface area contributed by atoms with Crippen LogP contribution in [-0.2, 0) is 6.42 Å². The zero-order valence-corrected chi connectivity index (χ0v) is 10.2. The zero-order chi connectivity index (χ0) is 13.1. The average molecular weight is 274 g/mol. The number of ether oxygens (including phenoxy) is 1. The van der Waals surface area contributed by atoms with Gasteiger partial charge in [0.1, 0.15) is 0 Å². The molecule has 0 atom stereocenters. The summed E-state index contributed by atoms with van der Waals surface area (Å²) in [6.45, 7) is 1.97. The van der Waals surface area contributed by atoms with E-state index in [1.165, 1.54) is 11.3 Å². The molecule has 0 aliphatic rings. The summed E-state index contributed by atoms with van der Waals surface area (Å²) in [7, 11) is 0. The first kappa shape index (κ1) is 12.8. The lowest BCUT2D eigenvalue weighted by Gasteiger charge is -2.05. The predicted molar refractivity (Wildman–Crippen MR) is 60.2 cm³/mol. The summed E-state index contributed by atoms with van der Waals surface area (Å²) in [6, 6.07) is 0.412. The number of hydrogen-bond acceptors (Lipinski definition) is 4. The lowest BCUT2D eigenvalue weighted by molar-refractivity contribution is 0.283. The number of hydrogen-bond donors (Lipinski definition) is 0. The van der Waals surface area contributed by atoms with Crippen LogP contribution in [0, 0.1) is 24.5 Å². The molecular formula is C11H9F3N2OS.